The van der Waals surface area contributed by atoms with Crippen molar-refractivity contribution in [3.63, 3.8) is 0 Å². The van der Waals surface area contributed by atoms with Crippen molar-refractivity contribution in [3.8, 4) is 0 Å². The molecule has 5 N–H and O–H groups in total. The number of hydrogen-bond acceptors (Lipinski definition) is 7. The van der Waals surface area contributed by atoms with Gasteiger partial charge in [-0.1, -0.05) is 18.2 Å². The van der Waals surface area contributed by atoms with Gasteiger partial charge in [0.15, 0.2) is 0 Å². The third-order valence-electron chi connectivity index (χ3n) is 3.28. The van der Waals surface area contributed by atoms with Crippen molar-refractivity contribution < 1.29 is 4.79 Å². The lowest BCUT2D eigenvalue weighted by Gasteiger charge is -2.15. The first-order valence-corrected chi connectivity index (χ1v) is 8.16. The van der Waals surface area contributed by atoms with Crippen molar-refractivity contribution in [1.29, 1.82) is 0 Å². The molecule has 0 aliphatic carbocycles. The quantitative estimate of drug-likeness (QED) is 0.765. The number of carbonyl (C=O) groups excluding carboxylic acids is 1. The molecule has 0 bridgehead atoms. The van der Waals surface area contributed by atoms with Crippen molar-refractivity contribution in [3.05, 3.63) is 35.2 Å². The summed E-state index contributed by atoms with van der Waals surface area (Å²) in [6.07, 6.45) is 0. The minimum absolute atomic E-state index is 0.0672. The number of benzene rings is 1. The highest BCUT2D eigenvalue weighted by molar-refractivity contribution is 7.99. The fourth-order valence-electron chi connectivity index (χ4n) is 2.03. The van der Waals surface area contributed by atoms with Crippen molar-refractivity contribution in [2.45, 2.75) is 31.8 Å². The molecule has 1 aromatic carbocycles. The van der Waals surface area contributed by atoms with Gasteiger partial charge in [0, 0.05) is 5.69 Å². The first-order chi connectivity index (χ1) is 10.9. The normalized spacial score (nSPS) is 12.0. The van der Waals surface area contributed by atoms with E-state index in [0.29, 0.717) is 11.6 Å². The van der Waals surface area contributed by atoms with Gasteiger partial charge in [-0.3, -0.25) is 4.79 Å². The summed E-state index contributed by atoms with van der Waals surface area (Å²) in [5, 5.41) is 2.70. The van der Waals surface area contributed by atoms with Gasteiger partial charge in [-0.15, -0.1) is 11.8 Å². The fourth-order valence-corrected chi connectivity index (χ4v) is 2.77. The first-order valence-electron chi connectivity index (χ1n) is 7.11. The van der Waals surface area contributed by atoms with Crippen LogP contribution < -0.4 is 16.8 Å². The van der Waals surface area contributed by atoms with E-state index in [0.717, 1.165) is 16.8 Å². The van der Waals surface area contributed by atoms with Gasteiger partial charge in [0.25, 0.3) is 0 Å². The molecule has 1 atom stereocenters. The Labute approximate surface area is 139 Å². The smallest absolute Gasteiger partial charge is 0.237 e. The molecule has 0 aliphatic heterocycles. The summed E-state index contributed by atoms with van der Waals surface area (Å²) < 4.78 is 0. The van der Waals surface area contributed by atoms with Crippen molar-refractivity contribution >= 4 is 35.3 Å². The summed E-state index contributed by atoms with van der Waals surface area (Å²) in [6.45, 7) is 5.77. The number of aryl methyl sites for hydroxylation is 2. The topological polar surface area (TPSA) is 120 Å². The number of para-hydroxylation sites is 1. The number of aromatic nitrogens is 3. The van der Waals surface area contributed by atoms with Gasteiger partial charge < -0.3 is 16.8 Å². The number of hydrogen-bond donors (Lipinski definition) is 3. The van der Waals surface area contributed by atoms with E-state index in [2.05, 4.69) is 20.3 Å². The molecule has 0 saturated heterocycles. The highest BCUT2D eigenvalue weighted by atomic mass is 32.2. The number of nitrogens with zero attached hydrogens (tertiary/aromatic N) is 3. The standard InChI is InChI=1S/C15H20N6OS/c1-8-5-4-6-9(2)12(8)20-13(22)10(3)23-7-11-18-14(16)21-15(17)19-11/h4-6,10H,7H2,1-3H3,(H,20,22)(H4,16,17,18,19,21). The third kappa shape index (κ3) is 4.56. The molecule has 1 amide bonds. The van der Waals surface area contributed by atoms with E-state index < -0.39 is 0 Å². The van der Waals surface area contributed by atoms with Crippen molar-refractivity contribution in [1.82, 2.24) is 15.0 Å². The molecule has 7 nitrogen and oxygen atoms in total. The number of nitrogens with one attached hydrogen (secondary N) is 1. The number of nitrogens with two attached hydrogens (primary N) is 2. The van der Waals surface area contributed by atoms with Crippen LogP contribution in [0, 0.1) is 13.8 Å². The largest absolute Gasteiger partial charge is 0.368 e. The molecule has 8 heteroatoms. The second kappa shape index (κ2) is 7.28. The number of carbonyl (C=O) groups is 1. The molecule has 1 heterocycles. The molecule has 0 saturated carbocycles. The minimum atomic E-state index is -0.270. The molecule has 0 aliphatic rings. The van der Waals surface area contributed by atoms with E-state index in [1.165, 1.54) is 11.8 Å². The summed E-state index contributed by atoms with van der Waals surface area (Å²) in [4.78, 5) is 24.1. The highest BCUT2D eigenvalue weighted by Gasteiger charge is 2.16. The predicted octanol–water partition coefficient (Wildman–Crippen LogP) is 1.91. The number of rotatable bonds is 5. The predicted molar refractivity (Wildman–Crippen MR) is 94.0 cm³/mol. The number of nitrogen functional groups attached to an aromatic ring is 2. The van der Waals surface area contributed by atoms with Crippen LogP contribution in [0.2, 0.25) is 0 Å². The Morgan fingerprint density at radius 3 is 2.30 bits per heavy atom. The zero-order chi connectivity index (χ0) is 17.0. The Morgan fingerprint density at radius 1 is 1.17 bits per heavy atom. The molecule has 0 radical (unpaired) electrons. The van der Waals surface area contributed by atoms with Crippen LogP contribution in [0.25, 0.3) is 0 Å². The van der Waals surface area contributed by atoms with Crippen LogP contribution in [0.4, 0.5) is 17.6 Å². The second-order valence-electron chi connectivity index (χ2n) is 5.18. The number of amides is 1. The maximum absolute atomic E-state index is 12.3. The lowest BCUT2D eigenvalue weighted by atomic mass is 10.1. The second-order valence-corrected chi connectivity index (χ2v) is 6.51. The van der Waals surface area contributed by atoms with Crippen LogP contribution in [-0.2, 0) is 10.5 Å². The Kier molecular flexibility index (Phi) is 5.38. The van der Waals surface area contributed by atoms with E-state index in [4.69, 9.17) is 11.5 Å². The summed E-state index contributed by atoms with van der Waals surface area (Å²) in [5.41, 5.74) is 14.0. The molecule has 1 aromatic heterocycles. The Bertz CT molecular complexity index is 681. The lowest BCUT2D eigenvalue weighted by Crippen LogP contribution is -2.23. The Hall–Kier alpha value is -2.35. The average molecular weight is 332 g/mol. The zero-order valence-corrected chi connectivity index (χ0v) is 14.1. The minimum Gasteiger partial charge on any atom is -0.368 e. The van der Waals surface area contributed by atoms with Crippen LogP contribution in [0.3, 0.4) is 0 Å². The molecule has 1 unspecified atom stereocenters. The van der Waals surface area contributed by atoms with Gasteiger partial charge in [0.05, 0.1) is 11.0 Å². The zero-order valence-electron chi connectivity index (χ0n) is 13.3. The van der Waals surface area contributed by atoms with E-state index in [-0.39, 0.29) is 23.1 Å². The van der Waals surface area contributed by atoms with Crippen LogP contribution >= 0.6 is 11.8 Å². The summed E-state index contributed by atoms with van der Waals surface area (Å²) in [7, 11) is 0. The monoisotopic (exact) mass is 332 g/mol. The van der Waals surface area contributed by atoms with E-state index in [1.54, 1.807) is 0 Å². The van der Waals surface area contributed by atoms with Crippen molar-refractivity contribution in [2.75, 3.05) is 16.8 Å². The number of thioether (sulfide) groups is 1. The van der Waals surface area contributed by atoms with Gasteiger partial charge in [-0.25, -0.2) is 0 Å². The maximum atomic E-state index is 12.3. The van der Waals surface area contributed by atoms with Gasteiger partial charge in [0.1, 0.15) is 5.82 Å². The van der Waals surface area contributed by atoms with Crippen LogP contribution in [0.1, 0.15) is 23.9 Å². The van der Waals surface area contributed by atoms with Crippen LogP contribution in [0.15, 0.2) is 18.2 Å². The molecular formula is C15H20N6OS. The molecule has 2 rings (SSSR count). The van der Waals surface area contributed by atoms with E-state index in [1.807, 2.05) is 39.0 Å². The van der Waals surface area contributed by atoms with E-state index >= 15 is 0 Å². The average Bonchev–Trinajstić information content (AvgIpc) is 2.47. The first kappa shape index (κ1) is 17.0. The molecule has 122 valence electrons. The SMILES string of the molecule is Cc1cccc(C)c1NC(=O)C(C)SCc1nc(N)nc(N)n1. The Balaban J connectivity index is 1.97. The summed E-state index contributed by atoms with van der Waals surface area (Å²) >= 11 is 1.41. The fraction of sp³-hybridized carbons (Fsp3) is 0.333. The molecular weight excluding hydrogens is 312 g/mol. The molecule has 2 aromatic rings. The van der Waals surface area contributed by atoms with Gasteiger partial charge in [0.2, 0.25) is 17.8 Å². The van der Waals surface area contributed by atoms with Gasteiger partial charge in [-0.2, -0.15) is 15.0 Å². The molecule has 0 spiro atoms. The highest BCUT2D eigenvalue weighted by Crippen LogP contribution is 2.22. The molecule has 0 fully saturated rings. The Morgan fingerprint density at radius 2 is 1.74 bits per heavy atom. The van der Waals surface area contributed by atoms with Crippen LogP contribution in [0.5, 0.6) is 0 Å². The van der Waals surface area contributed by atoms with Gasteiger partial charge >= 0.3 is 0 Å². The summed E-state index contributed by atoms with van der Waals surface area (Å²) in [6, 6.07) is 5.90. The summed E-state index contributed by atoms with van der Waals surface area (Å²) in [5.74, 6) is 0.994. The lowest BCUT2D eigenvalue weighted by molar-refractivity contribution is -0.115. The maximum Gasteiger partial charge on any atom is 0.237 e. The third-order valence-corrected chi connectivity index (χ3v) is 4.42. The van der Waals surface area contributed by atoms with Crippen LogP contribution in [-0.4, -0.2) is 26.1 Å². The van der Waals surface area contributed by atoms with Crippen molar-refractivity contribution in [2.24, 2.45) is 0 Å². The molecule has 23 heavy (non-hydrogen) atoms. The van der Waals surface area contributed by atoms with Gasteiger partial charge in [-0.05, 0) is 31.9 Å². The van der Waals surface area contributed by atoms with E-state index in [9.17, 15) is 4.79 Å². The number of anilines is 3.